The van der Waals surface area contributed by atoms with Crippen LogP contribution in [0.1, 0.15) is 26.5 Å². The van der Waals surface area contributed by atoms with Crippen molar-refractivity contribution in [2.45, 2.75) is 32.9 Å². The molecule has 0 spiro atoms. The van der Waals surface area contributed by atoms with Crippen molar-refractivity contribution < 1.29 is 9.84 Å². The summed E-state index contributed by atoms with van der Waals surface area (Å²) in [6.07, 6.45) is 0. The SMILES string of the molecule is CCN(Cc1csc(-c2ccccc2OC)n1)CC(C)(C)O. The lowest BCUT2D eigenvalue weighted by molar-refractivity contribution is 0.0350. The summed E-state index contributed by atoms with van der Waals surface area (Å²) in [5.41, 5.74) is 1.35. The molecule has 0 aliphatic heterocycles. The number of thiazole rings is 1. The summed E-state index contributed by atoms with van der Waals surface area (Å²) >= 11 is 1.62. The molecule has 0 bridgehead atoms. The zero-order chi connectivity index (χ0) is 16.2. The lowest BCUT2D eigenvalue weighted by atomic mass is 10.1. The molecule has 0 radical (unpaired) electrons. The summed E-state index contributed by atoms with van der Waals surface area (Å²) in [7, 11) is 1.68. The van der Waals surface area contributed by atoms with Gasteiger partial charge in [-0.1, -0.05) is 19.1 Å². The zero-order valence-electron chi connectivity index (χ0n) is 13.7. The predicted molar refractivity (Wildman–Crippen MR) is 91.4 cm³/mol. The first kappa shape index (κ1) is 16.9. The van der Waals surface area contributed by atoms with Gasteiger partial charge in [-0.3, -0.25) is 4.90 Å². The second-order valence-electron chi connectivity index (χ2n) is 5.96. The van der Waals surface area contributed by atoms with E-state index < -0.39 is 5.60 Å². The first-order valence-electron chi connectivity index (χ1n) is 7.45. The van der Waals surface area contributed by atoms with Gasteiger partial charge in [0.1, 0.15) is 10.8 Å². The third kappa shape index (κ3) is 4.53. The molecule has 2 rings (SSSR count). The van der Waals surface area contributed by atoms with Crippen molar-refractivity contribution in [3.8, 4) is 16.3 Å². The smallest absolute Gasteiger partial charge is 0.129 e. The number of aromatic nitrogens is 1. The molecule has 0 amide bonds. The van der Waals surface area contributed by atoms with E-state index in [-0.39, 0.29) is 0 Å². The summed E-state index contributed by atoms with van der Waals surface area (Å²) in [6.45, 7) is 8.01. The van der Waals surface area contributed by atoms with Crippen molar-refractivity contribution in [3.05, 3.63) is 35.3 Å². The van der Waals surface area contributed by atoms with Gasteiger partial charge in [-0.25, -0.2) is 4.98 Å². The standard InChI is InChI=1S/C17H24N2O2S/c1-5-19(12-17(2,3)20)10-13-11-22-16(18-13)14-8-6-7-9-15(14)21-4/h6-9,11,20H,5,10,12H2,1-4H3. The van der Waals surface area contributed by atoms with Crippen molar-refractivity contribution in [2.75, 3.05) is 20.2 Å². The maximum atomic E-state index is 9.97. The second kappa shape index (κ2) is 7.22. The van der Waals surface area contributed by atoms with Gasteiger partial charge >= 0.3 is 0 Å². The molecule has 120 valence electrons. The molecule has 22 heavy (non-hydrogen) atoms. The molecule has 4 nitrogen and oxygen atoms in total. The molecule has 0 saturated heterocycles. The maximum Gasteiger partial charge on any atom is 0.129 e. The predicted octanol–water partition coefficient (Wildman–Crippen LogP) is 3.41. The lowest BCUT2D eigenvalue weighted by Gasteiger charge is -2.27. The molecule has 1 aromatic carbocycles. The van der Waals surface area contributed by atoms with E-state index >= 15 is 0 Å². The number of hydrogen-bond acceptors (Lipinski definition) is 5. The number of benzene rings is 1. The van der Waals surface area contributed by atoms with E-state index in [1.165, 1.54) is 0 Å². The molecule has 0 fully saturated rings. The van der Waals surface area contributed by atoms with Crippen LogP contribution in [0, 0.1) is 0 Å². The summed E-state index contributed by atoms with van der Waals surface area (Å²) < 4.78 is 5.40. The van der Waals surface area contributed by atoms with Crippen molar-refractivity contribution in [3.63, 3.8) is 0 Å². The minimum atomic E-state index is -0.697. The molecule has 0 saturated carbocycles. The maximum absolute atomic E-state index is 9.97. The van der Waals surface area contributed by atoms with E-state index in [4.69, 9.17) is 9.72 Å². The molecular weight excluding hydrogens is 296 g/mol. The number of methoxy groups -OCH3 is 1. The Balaban J connectivity index is 2.14. The van der Waals surface area contributed by atoms with Gasteiger partial charge in [0, 0.05) is 18.5 Å². The molecule has 1 heterocycles. The van der Waals surface area contributed by atoms with Crippen LogP contribution < -0.4 is 4.74 Å². The highest BCUT2D eigenvalue weighted by atomic mass is 32.1. The Morgan fingerprint density at radius 2 is 2.05 bits per heavy atom. The van der Waals surface area contributed by atoms with E-state index in [1.54, 1.807) is 18.4 Å². The number of rotatable bonds is 7. The second-order valence-corrected chi connectivity index (χ2v) is 6.82. The third-order valence-corrected chi connectivity index (χ3v) is 4.26. The molecule has 1 N–H and O–H groups in total. The fourth-order valence-corrected chi connectivity index (χ4v) is 3.22. The molecule has 0 atom stereocenters. The molecule has 0 unspecified atom stereocenters. The van der Waals surface area contributed by atoms with Gasteiger partial charge in [0.2, 0.25) is 0 Å². The molecule has 0 aliphatic carbocycles. The molecule has 1 aromatic heterocycles. The van der Waals surface area contributed by atoms with Crippen molar-refractivity contribution >= 4 is 11.3 Å². The normalized spacial score (nSPS) is 11.9. The van der Waals surface area contributed by atoms with Crippen molar-refractivity contribution in [1.29, 1.82) is 0 Å². The Hall–Kier alpha value is -1.43. The number of hydrogen-bond donors (Lipinski definition) is 1. The highest BCUT2D eigenvalue weighted by Gasteiger charge is 2.18. The van der Waals surface area contributed by atoms with E-state index in [9.17, 15) is 5.11 Å². The van der Waals surface area contributed by atoms with Crippen LogP contribution in [-0.4, -0.2) is 40.8 Å². The van der Waals surface area contributed by atoms with E-state index in [0.29, 0.717) is 6.54 Å². The summed E-state index contributed by atoms with van der Waals surface area (Å²) in [6, 6.07) is 7.92. The minimum Gasteiger partial charge on any atom is -0.496 e. The van der Waals surface area contributed by atoms with Crippen LogP contribution in [-0.2, 0) is 6.54 Å². The Bertz CT molecular complexity index is 605. The van der Waals surface area contributed by atoms with Gasteiger partial charge in [-0.2, -0.15) is 0 Å². The quantitative estimate of drug-likeness (QED) is 0.849. The Labute approximate surface area is 136 Å². The fraction of sp³-hybridized carbons (Fsp3) is 0.471. The van der Waals surface area contributed by atoms with Crippen LogP contribution in [0.2, 0.25) is 0 Å². The van der Waals surface area contributed by atoms with Crippen LogP contribution in [0.15, 0.2) is 29.6 Å². The summed E-state index contributed by atoms with van der Waals surface area (Å²) in [5.74, 6) is 0.840. The summed E-state index contributed by atoms with van der Waals surface area (Å²) in [5, 5.41) is 13.0. The summed E-state index contributed by atoms with van der Waals surface area (Å²) in [4.78, 5) is 6.92. The number of nitrogens with zero attached hydrogens (tertiary/aromatic N) is 2. The number of para-hydroxylation sites is 1. The zero-order valence-corrected chi connectivity index (χ0v) is 14.5. The highest BCUT2D eigenvalue weighted by molar-refractivity contribution is 7.13. The van der Waals surface area contributed by atoms with E-state index in [1.807, 2.05) is 38.1 Å². The Morgan fingerprint density at radius 3 is 2.68 bits per heavy atom. The van der Waals surface area contributed by atoms with Crippen LogP contribution in [0.3, 0.4) is 0 Å². The number of ether oxygens (including phenoxy) is 1. The number of likely N-dealkylation sites (N-methyl/N-ethyl adjacent to an activating group) is 1. The van der Waals surface area contributed by atoms with Crippen LogP contribution in [0.25, 0.3) is 10.6 Å². The first-order valence-corrected chi connectivity index (χ1v) is 8.33. The molecule has 2 aromatic rings. The largest absolute Gasteiger partial charge is 0.496 e. The van der Waals surface area contributed by atoms with E-state index in [2.05, 4.69) is 17.2 Å². The van der Waals surface area contributed by atoms with Gasteiger partial charge in [-0.15, -0.1) is 11.3 Å². The van der Waals surface area contributed by atoms with Gasteiger partial charge in [0.05, 0.1) is 24.0 Å². The van der Waals surface area contributed by atoms with Crippen LogP contribution in [0.4, 0.5) is 0 Å². The fourth-order valence-electron chi connectivity index (χ4n) is 2.38. The Morgan fingerprint density at radius 1 is 1.32 bits per heavy atom. The molecular formula is C17H24N2O2S. The van der Waals surface area contributed by atoms with Gasteiger partial charge in [0.15, 0.2) is 0 Å². The van der Waals surface area contributed by atoms with Crippen molar-refractivity contribution in [2.24, 2.45) is 0 Å². The average molecular weight is 320 g/mol. The Kier molecular flexibility index (Phi) is 5.56. The monoisotopic (exact) mass is 320 g/mol. The minimum absolute atomic E-state index is 0.630. The lowest BCUT2D eigenvalue weighted by Crippen LogP contribution is -2.38. The molecule has 5 heteroatoms. The molecule has 0 aliphatic rings. The van der Waals surface area contributed by atoms with Gasteiger partial charge in [-0.05, 0) is 32.5 Å². The number of aliphatic hydroxyl groups is 1. The topological polar surface area (TPSA) is 45.6 Å². The average Bonchev–Trinajstić information content (AvgIpc) is 2.93. The van der Waals surface area contributed by atoms with Gasteiger partial charge in [0.25, 0.3) is 0 Å². The highest BCUT2D eigenvalue weighted by Crippen LogP contribution is 2.32. The third-order valence-electron chi connectivity index (χ3n) is 3.33. The van der Waals surface area contributed by atoms with Crippen molar-refractivity contribution in [1.82, 2.24) is 9.88 Å². The van der Waals surface area contributed by atoms with Crippen LogP contribution >= 0.6 is 11.3 Å². The van der Waals surface area contributed by atoms with E-state index in [0.717, 1.165) is 35.1 Å². The van der Waals surface area contributed by atoms with Crippen LogP contribution in [0.5, 0.6) is 5.75 Å². The first-order chi connectivity index (χ1) is 10.4. The van der Waals surface area contributed by atoms with Gasteiger partial charge < -0.3 is 9.84 Å².